The molecule has 3 atom stereocenters. The van der Waals surface area contributed by atoms with E-state index < -0.39 is 39.5 Å². The number of hydrogen-bond donors (Lipinski definition) is 3. The Hall–Kier alpha value is -2.46. The van der Waals surface area contributed by atoms with Crippen molar-refractivity contribution in [1.82, 2.24) is 9.62 Å². The van der Waals surface area contributed by atoms with Gasteiger partial charge in [0.05, 0.1) is 30.2 Å². The molecule has 200 valence electrons. The van der Waals surface area contributed by atoms with E-state index in [9.17, 15) is 18.3 Å². The number of rotatable bonds is 12. The minimum absolute atomic E-state index is 0.0155. The topological polar surface area (TPSA) is 122 Å². The number of carbonyl (C=O) groups excluding carboxylic acids is 1. The fraction of sp³-hybridized carbons (Fsp3) is 0.519. The van der Waals surface area contributed by atoms with Crippen LogP contribution in [-0.4, -0.2) is 62.1 Å². The predicted molar refractivity (Wildman–Crippen MR) is 142 cm³/mol. The molecule has 0 heterocycles. The molecule has 36 heavy (non-hydrogen) atoms. The first-order chi connectivity index (χ1) is 16.8. The highest BCUT2D eigenvalue weighted by molar-refractivity contribution is 7.89. The Bertz CT molecular complexity index is 1070. The smallest absolute Gasteiger partial charge is 0.243 e. The van der Waals surface area contributed by atoms with Gasteiger partial charge >= 0.3 is 0 Å². The molecule has 0 bridgehead atoms. The summed E-state index contributed by atoms with van der Waals surface area (Å²) in [5.74, 6) is 0.169. The molecule has 0 spiro atoms. The lowest BCUT2D eigenvalue weighted by atomic mass is 9.86. The van der Waals surface area contributed by atoms with E-state index in [1.807, 2.05) is 65.0 Å². The van der Waals surface area contributed by atoms with Crippen molar-refractivity contribution in [2.45, 2.75) is 64.1 Å². The van der Waals surface area contributed by atoms with E-state index in [2.05, 4.69) is 5.32 Å². The molecule has 0 aliphatic carbocycles. The van der Waals surface area contributed by atoms with Gasteiger partial charge in [-0.15, -0.1) is 0 Å². The molecule has 2 aromatic rings. The Kier molecular flexibility index (Phi) is 10.5. The van der Waals surface area contributed by atoms with E-state index in [4.69, 9.17) is 10.5 Å². The second-order valence-corrected chi connectivity index (χ2v) is 12.5. The van der Waals surface area contributed by atoms with Gasteiger partial charge in [-0.05, 0) is 47.6 Å². The van der Waals surface area contributed by atoms with Crippen LogP contribution in [0.15, 0.2) is 59.5 Å². The van der Waals surface area contributed by atoms with E-state index in [0.29, 0.717) is 12.2 Å². The second-order valence-electron chi connectivity index (χ2n) is 10.6. The number of nitrogens with two attached hydrogens (primary N) is 1. The fourth-order valence-corrected chi connectivity index (χ4v) is 5.35. The third-order valence-electron chi connectivity index (χ3n) is 5.96. The molecule has 0 radical (unpaired) electrons. The summed E-state index contributed by atoms with van der Waals surface area (Å²) >= 11 is 0. The molecular weight excluding hydrogens is 478 g/mol. The van der Waals surface area contributed by atoms with Gasteiger partial charge in [0.15, 0.2) is 0 Å². The molecule has 0 aliphatic heterocycles. The molecule has 0 fully saturated rings. The summed E-state index contributed by atoms with van der Waals surface area (Å²) in [4.78, 5) is 13.1. The summed E-state index contributed by atoms with van der Waals surface area (Å²) < 4.78 is 33.4. The molecule has 2 rings (SSSR count). The molecule has 0 saturated carbocycles. The highest BCUT2D eigenvalue weighted by atomic mass is 32.2. The van der Waals surface area contributed by atoms with Gasteiger partial charge in [0.25, 0.3) is 0 Å². The van der Waals surface area contributed by atoms with Crippen molar-refractivity contribution in [3.8, 4) is 5.75 Å². The van der Waals surface area contributed by atoms with E-state index in [1.54, 1.807) is 12.1 Å². The van der Waals surface area contributed by atoms with Crippen LogP contribution in [0.2, 0.25) is 0 Å². The number of methoxy groups -OCH3 is 1. The van der Waals surface area contributed by atoms with Gasteiger partial charge in [0.1, 0.15) is 5.75 Å². The second kappa shape index (κ2) is 12.7. The van der Waals surface area contributed by atoms with E-state index in [-0.39, 0.29) is 23.9 Å². The fourth-order valence-electron chi connectivity index (χ4n) is 3.73. The largest absolute Gasteiger partial charge is 0.497 e. The summed E-state index contributed by atoms with van der Waals surface area (Å²) in [6.07, 6.45) is -0.851. The van der Waals surface area contributed by atoms with E-state index >= 15 is 0 Å². The van der Waals surface area contributed by atoms with Crippen LogP contribution in [-0.2, 0) is 21.2 Å². The number of aliphatic hydroxyl groups excluding tert-OH is 1. The first kappa shape index (κ1) is 29.8. The third-order valence-corrected chi connectivity index (χ3v) is 7.81. The standard InChI is InChI=1S/C27H41N3O5S/c1-19(2)17-30(36(33,34)22-14-12-21(35-6)13-15-22)18-24(31)23(16-20-10-8-7-9-11-20)29-26(32)25(28)27(3,4)5/h7-15,19,23-25,31H,16-18,28H2,1-6H3,(H,29,32)/t23?,24-,25-/m1/s1. The average molecular weight is 520 g/mol. The molecule has 1 unspecified atom stereocenters. The van der Waals surface area contributed by atoms with Crippen molar-refractivity contribution in [1.29, 1.82) is 0 Å². The Labute approximate surface area is 215 Å². The van der Waals surface area contributed by atoms with Crippen molar-refractivity contribution in [2.24, 2.45) is 17.1 Å². The third kappa shape index (κ3) is 8.30. The van der Waals surface area contributed by atoms with Crippen LogP contribution in [0.5, 0.6) is 5.75 Å². The van der Waals surface area contributed by atoms with Gasteiger partial charge in [0.2, 0.25) is 15.9 Å². The number of sulfonamides is 1. The summed E-state index contributed by atoms with van der Waals surface area (Å²) in [7, 11) is -2.40. The van der Waals surface area contributed by atoms with Crippen molar-refractivity contribution in [3.63, 3.8) is 0 Å². The van der Waals surface area contributed by atoms with Gasteiger partial charge in [-0.25, -0.2) is 8.42 Å². The molecule has 2 aromatic carbocycles. The lowest BCUT2D eigenvalue weighted by Gasteiger charge is -2.33. The molecule has 9 heteroatoms. The SMILES string of the molecule is COc1ccc(S(=O)(=O)N(CC(C)C)C[C@@H](O)C(Cc2ccccc2)NC(=O)[C@@H](N)C(C)(C)C)cc1. The molecule has 0 aliphatic rings. The first-order valence-electron chi connectivity index (χ1n) is 12.2. The maximum atomic E-state index is 13.5. The summed E-state index contributed by atoms with van der Waals surface area (Å²) in [5.41, 5.74) is 6.59. The van der Waals surface area contributed by atoms with Crippen LogP contribution in [0, 0.1) is 11.3 Å². The van der Waals surface area contributed by atoms with Crippen LogP contribution in [0.1, 0.15) is 40.2 Å². The van der Waals surface area contributed by atoms with Crippen molar-refractivity contribution >= 4 is 15.9 Å². The number of benzene rings is 2. The predicted octanol–water partition coefficient (Wildman–Crippen LogP) is 2.80. The van der Waals surface area contributed by atoms with Crippen molar-refractivity contribution < 1.29 is 23.1 Å². The minimum Gasteiger partial charge on any atom is -0.497 e. The lowest BCUT2D eigenvalue weighted by Crippen LogP contribution is -2.56. The highest BCUT2D eigenvalue weighted by Gasteiger charge is 2.34. The molecule has 8 nitrogen and oxygen atoms in total. The molecule has 1 amide bonds. The normalized spacial score (nSPS) is 14.9. The number of aliphatic hydroxyl groups is 1. The Balaban J connectivity index is 2.34. The van der Waals surface area contributed by atoms with Gasteiger partial charge in [-0.2, -0.15) is 4.31 Å². The van der Waals surface area contributed by atoms with Gasteiger partial charge in [0, 0.05) is 13.1 Å². The monoisotopic (exact) mass is 519 g/mol. The quantitative estimate of drug-likeness (QED) is 0.396. The molecule has 0 saturated heterocycles. The van der Waals surface area contributed by atoms with Gasteiger partial charge < -0.3 is 20.9 Å². The number of hydrogen-bond acceptors (Lipinski definition) is 6. The lowest BCUT2D eigenvalue weighted by molar-refractivity contribution is -0.126. The number of carbonyl (C=O) groups is 1. The van der Waals surface area contributed by atoms with Crippen LogP contribution < -0.4 is 15.8 Å². The zero-order valence-electron chi connectivity index (χ0n) is 22.1. The highest BCUT2D eigenvalue weighted by Crippen LogP contribution is 2.22. The van der Waals surface area contributed by atoms with Crippen LogP contribution in [0.3, 0.4) is 0 Å². The van der Waals surface area contributed by atoms with Gasteiger partial charge in [-0.3, -0.25) is 4.79 Å². The van der Waals surface area contributed by atoms with Crippen molar-refractivity contribution in [3.05, 3.63) is 60.2 Å². The number of ether oxygens (including phenoxy) is 1. The zero-order valence-corrected chi connectivity index (χ0v) is 23.0. The van der Waals surface area contributed by atoms with E-state index in [0.717, 1.165) is 5.56 Å². The maximum absolute atomic E-state index is 13.5. The zero-order chi connectivity index (χ0) is 27.1. The Morgan fingerprint density at radius 2 is 1.64 bits per heavy atom. The molecule has 4 N–H and O–H groups in total. The summed E-state index contributed by atoms with van der Waals surface area (Å²) in [5, 5.41) is 14.2. The molecule has 0 aromatic heterocycles. The maximum Gasteiger partial charge on any atom is 0.243 e. The first-order valence-corrected chi connectivity index (χ1v) is 13.6. The molecular formula is C27H41N3O5S. The number of nitrogens with zero attached hydrogens (tertiary/aromatic N) is 1. The summed E-state index contributed by atoms with van der Waals surface area (Å²) in [6, 6.07) is 14.0. The average Bonchev–Trinajstić information content (AvgIpc) is 2.82. The Morgan fingerprint density at radius 1 is 1.06 bits per heavy atom. The van der Waals surface area contributed by atoms with Crippen molar-refractivity contribution in [2.75, 3.05) is 20.2 Å². The van der Waals surface area contributed by atoms with Gasteiger partial charge in [-0.1, -0.05) is 65.0 Å². The summed E-state index contributed by atoms with van der Waals surface area (Å²) in [6.45, 7) is 9.44. The number of nitrogens with one attached hydrogen (secondary N) is 1. The minimum atomic E-state index is -3.91. The van der Waals surface area contributed by atoms with Crippen LogP contribution >= 0.6 is 0 Å². The van der Waals surface area contributed by atoms with Crippen LogP contribution in [0.4, 0.5) is 0 Å². The Morgan fingerprint density at radius 3 is 2.14 bits per heavy atom. The van der Waals surface area contributed by atoms with E-state index in [1.165, 1.54) is 23.5 Å². The van der Waals surface area contributed by atoms with Crippen LogP contribution in [0.25, 0.3) is 0 Å². The number of amides is 1.